The van der Waals surface area contributed by atoms with Gasteiger partial charge in [-0.1, -0.05) is 20.3 Å². The van der Waals surface area contributed by atoms with Gasteiger partial charge in [0.2, 0.25) is 5.91 Å². The lowest BCUT2D eigenvalue weighted by atomic mass is 9.98. The number of rotatable bonds is 4. The normalized spacial score (nSPS) is 24.2. The summed E-state index contributed by atoms with van der Waals surface area (Å²) in [6.45, 7) is 4.53. The molecule has 1 saturated heterocycles. The smallest absolute Gasteiger partial charge is 0.328 e. The van der Waals surface area contributed by atoms with Crippen molar-refractivity contribution in [2.75, 3.05) is 19.8 Å². The maximum absolute atomic E-state index is 12.1. The number of hydrogen-bond donors (Lipinski definition) is 2. The van der Waals surface area contributed by atoms with Gasteiger partial charge >= 0.3 is 5.97 Å². The number of amides is 1. The van der Waals surface area contributed by atoms with Crippen LogP contribution in [0.25, 0.3) is 0 Å². The summed E-state index contributed by atoms with van der Waals surface area (Å²) in [4.78, 5) is 24.4. The Morgan fingerprint density at radius 2 is 2.24 bits per heavy atom. The Morgan fingerprint density at radius 1 is 1.59 bits per heavy atom. The van der Waals surface area contributed by atoms with E-state index in [1.165, 1.54) is 4.90 Å². The van der Waals surface area contributed by atoms with Crippen LogP contribution in [0.4, 0.5) is 0 Å². The van der Waals surface area contributed by atoms with E-state index in [9.17, 15) is 9.59 Å². The lowest BCUT2D eigenvalue weighted by Crippen LogP contribution is -2.58. The van der Waals surface area contributed by atoms with Crippen LogP contribution in [0.1, 0.15) is 20.3 Å². The van der Waals surface area contributed by atoms with Gasteiger partial charge in [-0.05, 0) is 5.92 Å². The van der Waals surface area contributed by atoms with Crippen LogP contribution in [-0.4, -0.2) is 53.7 Å². The highest BCUT2D eigenvalue weighted by atomic mass is 16.5. The molecule has 6 heteroatoms. The third-order valence-corrected chi connectivity index (χ3v) is 3.24. The van der Waals surface area contributed by atoms with Gasteiger partial charge in [0.25, 0.3) is 0 Å². The Hall–Kier alpha value is -1.14. The van der Waals surface area contributed by atoms with Crippen molar-refractivity contribution in [1.82, 2.24) is 4.90 Å². The summed E-state index contributed by atoms with van der Waals surface area (Å²) >= 11 is 0. The van der Waals surface area contributed by atoms with Crippen LogP contribution in [0, 0.1) is 5.92 Å². The van der Waals surface area contributed by atoms with Crippen LogP contribution in [0.3, 0.4) is 0 Å². The van der Waals surface area contributed by atoms with Crippen LogP contribution in [0.15, 0.2) is 0 Å². The Morgan fingerprint density at radius 3 is 2.76 bits per heavy atom. The van der Waals surface area contributed by atoms with E-state index >= 15 is 0 Å². The summed E-state index contributed by atoms with van der Waals surface area (Å²) < 4.78 is 5.07. The molecule has 17 heavy (non-hydrogen) atoms. The summed E-state index contributed by atoms with van der Waals surface area (Å²) in [6.07, 6.45) is 0.787. The van der Waals surface area contributed by atoms with Crippen LogP contribution in [0.5, 0.6) is 0 Å². The minimum Gasteiger partial charge on any atom is -0.480 e. The first-order chi connectivity index (χ1) is 7.99. The van der Waals surface area contributed by atoms with E-state index in [0.29, 0.717) is 13.2 Å². The number of morpholine rings is 1. The van der Waals surface area contributed by atoms with E-state index in [1.54, 1.807) is 0 Å². The zero-order chi connectivity index (χ0) is 13.0. The molecule has 0 bridgehead atoms. The van der Waals surface area contributed by atoms with Gasteiger partial charge in [-0.2, -0.15) is 0 Å². The molecular formula is C11H20N2O4. The average molecular weight is 244 g/mol. The molecule has 0 spiro atoms. The van der Waals surface area contributed by atoms with Crippen molar-refractivity contribution in [2.24, 2.45) is 11.7 Å². The number of aliphatic carboxylic acids is 1. The molecule has 0 radical (unpaired) electrons. The predicted octanol–water partition coefficient (Wildman–Crippen LogP) is -0.328. The lowest BCUT2D eigenvalue weighted by molar-refractivity contribution is -0.159. The molecule has 1 heterocycles. The van der Waals surface area contributed by atoms with E-state index in [1.807, 2.05) is 13.8 Å². The molecule has 0 saturated carbocycles. The van der Waals surface area contributed by atoms with E-state index in [-0.39, 0.29) is 18.4 Å². The van der Waals surface area contributed by atoms with E-state index < -0.39 is 18.1 Å². The fourth-order valence-electron chi connectivity index (χ4n) is 1.76. The zero-order valence-corrected chi connectivity index (χ0v) is 10.3. The molecule has 1 aliphatic rings. The fourth-order valence-corrected chi connectivity index (χ4v) is 1.76. The van der Waals surface area contributed by atoms with E-state index in [0.717, 1.165) is 6.42 Å². The van der Waals surface area contributed by atoms with Gasteiger partial charge in [-0.25, -0.2) is 4.79 Å². The monoisotopic (exact) mass is 244 g/mol. The zero-order valence-electron chi connectivity index (χ0n) is 10.3. The Balaban J connectivity index is 2.74. The van der Waals surface area contributed by atoms with Crippen LogP contribution < -0.4 is 5.73 Å². The third-order valence-electron chi connectivity index (χ3n) is 3.24. The molecule has 3 N–H and O–H groups in total. The van der Waals surface area contributed by atoms with Gasteiger partial charge in [0.1, 0.15) is 0 Å². The van der Waals surface area contributed by atoms with E-state index in [4.69, 9.17) is 15.6 Å². The summed E-state index contributed by atoms with van der Waals surface area (Å²) in [6, 6.07) is -1.55. The number of hydrogen-bond acceptors (Lipinski definition) is 4. The number of carbonyl (C=O) groups is 2. The van der Waals surface area contributed by atoms with Gasteiger partial charge in [0, 0.05) is 6.54 Å². The van der Waals surface area contributed by atoms with Gasteiger partial charge in [0.05, 0.1) is 19.3 Å². The Labute approximate surface area is 101 Å². The van der Waals surface area contributed by atoms with Crippen LogP contribution >= 0.6 is 0 Å². The Bertz CT molecular complexity index is 295. The second-order valence-corrected chi connectivity index (χ2v) is 4.37. The molecule has 0 aromatic carbocycles. The highest BCUT2D eigenvalue weighted by Crippen LogP contribution is 2.13. The molecule has 1 fully saturated rings. The molecule has 1 unspecified atom stereocenters. The molecule has 0 aliphatic carbocycles. The van der Waals surface area contributed by atoms with Gasteiger partial charge in [0.15, 0.2) is 6.04 Å². The summed E-state index contributed by atoms with van der Waals surface area (Å²) in [5.41, 5.74) is 5.84. The molecule has 1 amide bonds. The standard InChI is InChI=1S/C11H20N2O4/c1-3-7(2)9(12)10(14)13-4-5-17-6-8(13)11(15)16/h7-9H,3-6,12H2,1-2H3,(H,15,16)/t7-,8?,9-/m0/s1. The topological polar surface area (TPSA) is 92.9 Å². The van der Waals surface area contributed by atoms with Gasteiger partial charge in [-0.15, -0.1) is 0 Å². The minimum atomic E-state index is -1.05. The molecule has 1 rings (SSSR count). The molecule has 98 valence electrons. The summed E-state index contributed by atoms with van der Waals surface area (Å²) in [5.74, 6) is -1.30. The molecule has 1 aliphatic heterocycles. The van der Waals surface area contributed by atoms with Crippen molar-refractivity contribution >= 4 is 11.9 Å². The molecule has 0 aromatic rings. The second-order valence-electron chi connectivity index (χ2n) is 4.37. The van der Waals surface area contributed by atoms with Gasteiger partial charge < -0.3 is 20.5 Å². The van der Waals surface area contributed by atoms with Crippen LogP contribution in [0.2, 0.25) is 0 Å². The number of ether oxygens (including phenoxy) is 1. The highest BCUT2D eigenvalue weighted by Gasteiger charge is 2.36. The van der Waals surface area contributed by atoms with Crippen molar-refractivity contribution in [2.45, 2.75) is 32.4 Å². The number of carboxylic acids is 1. The first kappa shape index (κ1) is 13.9. The number of nitrogens with zero attached hydrogens (tertiary/aromatic N) is 1. The molecule has 6 nitrogen and oxygen atoms in total. The Kier molecular flexibility index (Phi) is 4.89. The van der Waals surface area contributed by atoms with E-state index in [2.05, 4.69) is 0 Å². The number of carbonyl (C=O) groups excluding carboxylic acids is 1. The summed E-state index contributed by atoms with van der Waals surface area (Å²) in [5, 5.41) is 9.02. The first-order valence-electron chi connectivity index (χ1n) is 5.85. The molecule has 3 atom stereocenters. The quantitative estimate of drug-likeness (QED) is 0.706. The van der Waals surface area contributed by atoms with Crippen molar-refractivity contribution in [3.8, 4) is 0 Å². The van der Waals surface area contributed by atoms with Crippen molar-refractivity contribution in [3.05, 3.63) is 0 Å². The first-order valence-corrected chi connectivity index (χ1v) is 5.85. The number of carboxylic acid groups (broad SMARTS) is 1. The average Bonchev–Trinajstić information content (AvgIpc) is 2.35. The maximum atomic E-state index is 12.1. The molecule has 0 aromatic heterocycles. The lowest BCUT2D eigenvalue weighted by Gasteiger charge is -2.35. The van der Waals surface area contributed by atoms with Crippen molar-refractivity contribution < 1.29 is 19.4 Å². The largest absolute Gasteiger partial charge is 0.480 e. The third kappa shape index (κ3) is 3.17. The van der Waals surface area contributed by atoms with Crippen LogP contribution in [-0.2, 0) is 14.3 Å². The SMILES string of the molecule is CC[C@H](C)[C@H](N)C(=O)N1CCOCC1C(=O)O. The van der Waals surface area contributed by atoms with Crippen molar-refractivity contribution in [1.29, 1.82) is 0 Å². The minimum absolute atomic E-state index is 0.0360. The maximum Gasteiger partial charge on any atom is 0.328 e. The molecular weight excluding hydrogens is 224 g/mol. The summed E-state index contributed by atoms with van der Waals surface area (Å²) in [7, 11) is 0. The highest BCUT2D eigenvalue weighted by molar-refractivity contribution is 5.87. The van der Waals surface area contributed by atoms with Crippen molar-refractivity contribution in [3.63, 3.8) is 0 Å². The second kappa shape index (κ2) is 5.97. The number of nitrogens with two attached hydrogens (primary N) is 1. The van der Waals surface area contributed by atoms with Gasteiger partial charge in [-0.3, -0.25) is 4.79 Å². The predicted molar refractivity (Wildman–Crippen MR) is 61.4 cm³/mol. The fraction of sp³-hybridized carbons (Fsp3) is 0.818.